The molecule has 0 spiro atoms. The van der Waals surface area contributed by atoms with Crippen molar-refractivity contribution < 1.29 is 13.2 Å². The molecule has 1 unspecified atom stereocenters. The number of hydrogen-bond donors (Lipinski definition) is 0. The number of hydrogen-bond acceptors (Lipinski definition) is 3. The molecule has 0 N–H and O–H groups in total. The summed E-state index contributed by atoms with van der Waals surface area (Å²) < 4.78 is 22.1. The van der Waals surface area contributed by atoms with Crippen molar-refractivity contribution >= 4 is 15.7 Å². The molecule has 0 radical (unpaired) electrons. The van der Waals surface area contributed by atoms with Crippen LogP contribution >= 0.6 is 0 Å². The SMILES string of the molecule is CC/C=C\C(C)(/C=C\CS(C)(=O)=O)C(=O)N(C)C. The molecule has 0 aromatic carbocycles. The van der Waals surface area contributed by atoms with Crippen LogP contribution in [0.4, 0.5) is 0 Å². The van der Waals surface area contributed by atoms with Gasteiger partial charge in [0.25, 0.3) is 0 Å². The van der Waals surface area contributed by atoms with E-state index >= 15 is 0 Å². The lowest BCUT2D eigenvalue weighted by Gasteiger charge is -2.25. The summed E-state index contributed by atoms with van der Waals surface area (Å²) in [5.41, 5.74) is -0.788. The number of carbonyl (C=O) groups is 1. The highest BCUT2D eigenvalue weighted by Gasteiger charge is 2.28. The predicted molar refractivity (Wildman–Crippen MR) is 75.1 cm³/mol. The minimum absolute atomic E-state index is 0.0523. The van der Waals surface area contributed by atoms with Gasteiger partial charge in [0.05, 0.1) is 11.2 Å². The summed E-state index contributed by atoms with van der Waals surface area (Å²) in [5, 5.41) is 0. The molecule has 0 aliphatic carbocycles. The lowest BCUT2D eigenvalue weighted by atomic mass is 9.87. The molecule has 0 rings (SSSR count). The van der Waals surface area contributed by atoms with Gasteiger partial charge in [0.2, 0.25) is 5.91 Å². The van der Waals surface area contributed by atoms with E-state index in [0.717, 1.165) is 6.42 Å². The third-order valence-electron chi connectivity index (χ3n) is 2.43. The molecule has 0 aliphatic heterocycles. The first kappa shape index (κ1) is 16.9. The van der Waals surface area contributed by atoms with Gasteiger partial charge >= 0.3 is 0 Å². The number of allylic oxidation sites excluding steroid dienone is 1. The fourth-order valence-electron chi connectivity index (χ4n) is 1.51. The first-order chi connectivity index (χ1) is 8.12. The second-order valence-corrected chi connectivity index (χ2v) is 6.97. The summed E-state index contributed by atoms with van der Waals surface area (Å²) in [7, 11) is 0.322. The van der Waals surface area contributed by atoms with Gasteiger partial charge in [0.1, 0.15) is 0 Å². The molecular formula is C13H23NO3S. The van der Waals surface area contributed by atoms with Gasteiger partial charge in [-0.15, -0.1) is 0 Å². The van der Waals surface area contributed by atoms with E-state index in [1.54, 1.807) is 27.1 Å². The molecule has 5 heteroatoms. The van der Waals surface area contributed by atoms with Crippen LogP contribution < -0.4 is 0 Å². The van der Waals surface area contributed by atoms with Gasteiger partial charge < -0.3 is 4.90 Å². The maximum atomic E-state index is 12.1. The molecule has 0 bridgehead atoms. The third-order valence-corrected chi connectivity index (χ3v) is 3.23. The number of amides is 1. The minimum Gasteiger partial charge on any atom is -0.348 e. The van der Waals surface area contributed by atoms with Crippen molar-refractivity contribution in [2.75, 3.05) is 26.1 Å². The maximum Gasteiger partial charge on any atom is 0.235 e. The zero-order valence-electron chi connectivity index (χ0n) is 11.8. The Kier molecular flexibility index (Phi) is 6.32. The van der Waals surface area contributed by atoms with Crippen LogP contribution in [-0.4, -0.2) is 45.3 Å². The molecule has 0 heterocycles. The zero-order chi connectivity index (χ0) is 14.4. The molecule has 0 saturated heterocycles. The van der Waals surface area contributed by atoms with Crippen molar-refractivity contribution in [3.05, 3.63) is 24.3 Å². The lowest BCUT2D eigenvalue weighted by Crippen LogP contribution is -2.35. The maximum absolute atomic E-state index is 12.1. The zero-order valence-corrected chi connectivity index (χ0v) is 12.6. The number of nitrogens with zero attached hydrogens (tertiary/aromatic N) is 1. The number of rotatable bonds is 6. The average Bonchev–Trinajstić information content (AvgIpc) is 2.23. The van der Waals surface area contributed by atoms with E-state index in [2.05, 4.69) is 0 Å². The van der Waals surface area contributed by atoms with Crippen LogP contribution in [0.3, 0.4) is 0 Å². The van der Waals surface area contributed by atoms with Crippen molar-refractivity contribution in [1.29, 1.82) is 0 Å². The molecule has 0 aromatic rings. The molecule has 0 aliphatic rings. The van der Waals surface area contributed by atoms with E-state index in [1.807, 2.05) is 19.1 Å². The van der Waals surface area contributed by atoms with Crippen LogP contribution in [0.15, 0.2) is 24.3 Å². The van der Waals surface area contributed by atoms with Crippen LogP contribution in [0.2, 0.25) is 0 Å². The monoisotopic (exact) mass is 273 g/mol. The topological polar surface area (TPSA) is 54.5 Å². The highest BCUT2D eigenvalue weighted by atomic mass is 32.2. The highest BCUT2D eigenvalue weighted by Crippen LogP contribution is 2.23. The Labute approximate surface area is 110 Å². The molecule has 1 atom stereocenters. The van der Waals surface area contributed by atoms with Gasteiger partial charge in [-0.25, -0.2) is 8.42 Å². The second kappa shape index (κ2) is 6.73. The first-order valence-electron chi connectivity index (χ1n) is 5.87. The fourth-order valence-corrected chi connectivity index (χ4v) is 1.96. The molecule has 0 aromatic heterocycles. The lowest BCUT2D eigenvalue weighted by molar-refractivity contribution is -0.133. The summed E-state index contributed by atoms with van der Waals surface area (Å²) in [5.74, 6) is -0.125. The Morgan fingerprint density at radius 1 is 1.22 bits per heavy atom. The Balaban J connectivity index is 5.12. The second-order valence-electron chi connectivity index (χ2n) is 4.79. The van der Waals surface area contributed by atoms with Gasteiger partial charge in [-0.05, 0) is 13.3 Å². The van der Waals surface area contributed by atoms with Crippen LogP contribution in [-0.2, 0) is 14.6 Å². The van der Waals surface area contributed by atoms with E-state index in [9.17, 15) is 13.2 Å². The van der Waals surface area contributed by atoms with Crippen LogP contribution in [0.25, 0.3) is 0 Å². The Morgan fingerprint density at radius 3 is 2.11 bits per heavy atom. The molecule has 0 saturated carbocycles. The summed E-state index contributed by atoms with van der Waals surface area (Å²) in [6, 6.07) is 0. The molecular weight excluding hydrogens is 250 g/mol. The van der Waals surface area contributed by atoms with Gasteiger partial charge in [-0.3, -0.25) is 4.79 Å². The van der Waals surface area contributed by atoms with Gasteiger partial charge in [-0.2, -0.15) is 0 Å². The minimum atomic E-state index is -3.05. The number of sulfone groups is 1. The number of carbonyl (C=O) groups excluding carboxylic acids is 1. The average molecular weight is 273 g/mol. The van der Waals surface area contributed by atoms with Crippen molar-refractivity contribution in [3.63, 3.8) is 0 Å². The van der Waals surface area contributed by atoms with Gasteiger partial charge in [0, 0.05) is 20.4 Å². The van der Waals surface area contributed by atoms with E-state index in [0.29, 0.717) is 0 Å². The summed E-state index contributed by atoms with van der Waals surface area (Å²) >= 11 is 0. The largest absolute Gasteiger partial charge is 0.348 e. The van der Waals surface area contributed by atoms with Crippen LogP contribution in [0, 0.1) is 5.41 Å². The van der Waals surface area contributed by atoms with Gasteiger partial charge in [-0.1, -0.05) is 31.2 Å². The van der Waals surface area contributed by atoms with Crippen LogP contribution in [0.1, 0.15) is 20.3 Å². The first-order valence-corrected chi connectivity index (χ1v) is 7.93. The molecule has 4 nitrogen and oxygen atoms in total. The Bertz CT molecular complexity index is 435. The molecule has 104 valence electrons. The van der Waals surface area contributed by atoms with Crippen molar-refractivity contribution in [2.24, 2.45) is 5.41 Å². The molecule has 0 fully saturated rings. The van der Waals surface area contributed by atoms with E-state index in [4.69, 9.17) is 0 Å². The quantitative estimate of drug-likeness (QED) is 0.691. The van der Waals surface area contributed by atoms with Crippen molar-refractivity contribution in [2.45, 2.75) is 20.3 Å². The highest BCUT2D eigenvalue weighted by molar-refractivity contribution is 7.90. The van der Waals surface area contributed by atoms with E-state index in [-0.39, 0.29) is 11.7 Å². The third kappa shape index (κ3) is 6.00. The standard InChI is InChI=1S/C13H23NO3S/c1-6-7-9-13(2,12(15)14(3)4)10-8-11-18(5,16)17/h7-10H,6,11H2,1-5H3/b9-7-,10-8-. The van der Waals surface area contributed by atoms with Crippen LogP contribution in [0.5, 0.6) is 0 Å². The fraction of sp³-hybridized carbons (Fsp3) is 0.615. The van der Waals surface area contributed by atoms with E-state index < -0.39 is 15.3 Å². The smallest absolute Gasteiger partial charge is 0.235 e. The van der Waals surface area contributed by atoms with Crippen molar-refractivity contribution in [1.82, 2.24) is 4.90 Å². The molecule has 1 amide bonds. The van der Waals surface area contributed by atoms with E-state index in [1.165, 1.54) is 17.2 Å². The predicted octanol–water partition coefficient (Wildman–Crippen LogP) is 1.65. The summed E-state index contributed by atoms with van der Waals surface area (Å²) in [6.07, 6.45) is 8.92. The molecule has 18 heavy (non-hydrogen) atoms. The summed E-state index contributed by atoms with van der Waals surface area (Å²) in [4.78, 5) is 13.6. The van der Waals surface area contributed by atoms with Crippen molar-refractivity contribution in [3.8, 4) is 0 Å². The Hall–Kier alpha value is -1.10. The Morgan fingerprint density at radius 2 is 1.72 bits per heavy atom. The normalized spacial score (nSPS) is 16.1. The summed E-state index contributed by atoms with van der Waals surface area (Å²) in [6.45, 7) is 3.76. The van der Waals surface area contributed by atoms with Gasteiger partial charge in [0.15, 0.2) is 9.84 Å².